The smallest absolute Gasteiger partial charge is 0.303 e. The molecule has 1 heterocycles. The van der Waals surface area contributed by atoms with Gasteiger partial charge in [0, 0.05) is 29.9 Å². The average Bonchev–Trinajstić information content (AvgIpc) is 2.36. The molecule has 106 valence electrons. The van der Waals surface area contributed by atoms with E-state index in [0.717, 1.165) is 5.57 Å². The second kappa shape index (κ2) is 7.25. The molecule has 0 aromatic heterocycles. The molecular weight excluding hydrogens is 266 g/mol. The number of carbonyl (C=O) groups is 1. The third kappa shape index (κ3) is 4.33. The first kappa shape index (κ1) is 15.7. The summed E-state index contributed by atoms with van der Waals surface area (Å²) < 4.78 is 23.8. The first-order chi connectivity index (χ1) is 8.99. The second-order valence-corrected chi connectivity index (χ2v) is 5.26. The molecule has 19 heavy (non-hydrogen) atoms. The Bertz CT molecular complexity index is 442. The molecule has 1 aliphatic heterocycles. The maximum absolute atomic E-state index is 11.3. The lowest BCUT2D eigenvalue weighted by molar-refractivity contribution is -0.137. The third-order valence-corrected chi connectivity index (χ3v) is 3.77. The van der Waals surface area contributed by atoms with Gasteiger partial charge < -0.3 is 14.0 Å². The zero-order valence-corrected chi connectivity index (χ0v) is 11.7. The van der Waals surface area contributed by atoms with Crippen LogP contribution in [0.5, 0.6) is 0 Å². The van der Waals surface area contributed by atoms with Crippen molar-refractivity contribution in [2.45, 2.75) is 26.2 Å². The van der Waals surface area contributed by atoms with Crippen molar-refractivity contribution >= 4 is 17.2 Å². The van der Waals surface area contributed by atoms with Crippen molar-refractivity contribution in [3.8, 4) is 0 Å². The molecule has 1 rings (SSSR count). The van der Waals surface area contributed by atoms with Crippen LogP contribution in [-0.2, 0) is 16.1 Å². The largest absolute Gasteiger partial charge is 0.755 e. The Labute approximate surface area is 115 Å². The number of piperidine rings is 1. The van der Waals surface area contributed by atoms with E-state index in [-0.39, 0.29) is 12.3 Å². The highest BCUT2D eigenvalue weighted by Gasteiger charge is 2.27. The van der Waals surface area contributed by atoms with Gasteiger partial charge in [-0.3, -0.25) is 9.00 Å². The number of carboxylic acids is 1. The lowest BCUT2D eigenvalue weighted by Gasteiger charge is -2.38. The standard InChI is InChI=1S/C13H19NO4S/c1-3-5-11-8-10(6-7-13(15)16)9-14(19(17)18)12(11)4-2/h3-5,10H,1,6-9H2,2H3,(H,15,16)(H,17,18)/p-1/b11-5-,12-4+/t10-/m1/s1. The summed E-state index contributed by atoms with van der Waals surface area (Å²) in [4.78, 5) is 10.6. The number of hydrogen-bond acceptors (Lipinski definition) is 3. The SMILES string of the molecule is C=C/C=C1/C[C@@H](CCC(=O)O)CN(S(=O)[O-])/C1=C/C. The van der Waals surface area contributed by atoms with Gasteiger partial charge in [-0.15, -0.1) is 0 Å². The molecular formula is C13H18NO4S-. The van der Waals surface area contributed by atoms with Crippen LogP contribution in [0, 0.1) is 5.92 Å². The van der Waals surface area contributed by atoms with Gasteiger partial charge in [-0.1, -0.05) is 24.8 Å². The van der Waals surface area contributed by atoms with Crippen LogP contribution >= 0.6 is 0 Å². The lowest BCUT2D eigenvalue weighted by Crippen LogP contribution is -2.36. The molecule has 1 saturated heterocycles. The monoisotopic (exact) mass is 284 g/mol. The topological polar surface area (TPSA) is 80.7 Å². The van der Waals surface area contributed by atoms with Crippen molar-refractivity contribution in [3.05, 3.63) is 36.1 Å². The zero-order chi connectivity index (χ0) is 14.4. The van der Waals surface area contributed by atoms with Crippen LogP contribution in [0.15, 0.2) is 36.1 Å². The molecule has 0 amide bonds. The van der Waals surface area contributed by atoms with E-state index in [9.17, 15) is 13.6 Å². The van der Waals surface area contributed by atoms with Crippen LogP contribution in [0.3, 0.4) is 0 Å². The zero-order valence-electron chi connectivity index (χ0n) is 10.9. The summed E-state index contributed by atoms with van der Waals surface area (Å²) in [6.45, 7) is 5.73. The van der Waals surface area contributed by atoms with E-state index in [1.165, 1.54) is 4.31 Å². The number of nitrogens with zero attached hydrogens (tertiary/aromatic N) is 1. The van der Waals surface area contributed by atoms with Crippen LogP contribution in [0.4, 0.5) is 0 Å². The van der Waals surface area contributed by atoms with Crippen molar-refractivity contribution in [2.24, 2.45) is 5.92 Å². The highest BCUT2D eigenvalue weighted by Crippen LogP contribution is 2.33. The highest BCUT2D eigenvalue weighted by atomic mass is 32.2. The maximum atomic E-state index is 11.3. The molecule has 0 aromatic carbocycles. The first-order valence-electron chi connectivity index (χ1n) is 6.06. The Kier molecular flexibility index (Phi) is 5.98. The molecule has 0 radical (unpaired) electrons. The molecule has 1 aliphatic rings. The van der Waals surface area contributed by atoms with Crippen molar-refractivity contribution < 1.29 is 18.7 Å². The number of rotatable bonds is 5. The molecule has 6 heteroatoms. The minimum Gasteiger partial charge on any atom is -0.755 e. The Morgan fingerprint density at radius 2 is 2.37 bits per heavy atom. The normalized spacial score (nSPS) is 25.6. The van der Waals surface area contributed by atoms with Gasteiger partial charge in [0.1, 0.15) is 0 Å². The summed E-state index contributed by atoms with van der Waals surface area (Å²) in [5, 5.41) is 8.71. The summed E-state index contributed by atoms with van der Waals surface area (Å²) in [5.41, 5.74) is 1.53. The second-order valence-electron chi connectivity index (χ2n) is 4.38. The fourth-order valence-electron chi connectivity index (χ4n) is 2.26. The van der Waals surface area contributed by atoms with Gasteiger partial charge in [0.15, 0.2) is 0 Å². The predicted molar refractivity (Wildman–Crippen MR) is 72.6 cm³/mol. The summed E-state index contributed by atoms with van der Waals surface area (Å²) in [7, 11) is 0. The molecule has 0 saturated carbocycles. The van der Waals surface area contributed by atoms with E-state index in [0.29, 0.717) is 25.1 Å². The molecule has 1 fully saturated rings. The van der Waals surface area contributed by atoms with E-state index >= 15 is 0 Å². The molecule has 0 bridgehead atoms. The number of aliphatic carboxylic acids is 1. The fourth-order valence-corrected chi connectivity index (χ4v) is 2.98. The molecule has 1 unspecified atom stereocenters. The summed E-state index contributed by atoms with van der Waals surface area (Å²) >= 11 is -2.35. The average molecular weight is 284 g/mol. The summed E-state index contributed by atoms with van der Waals surface area (Å²) in [6, 6.07) is 0. The fraction of sp³-hybridized carbons (Fsp3) is 0.462. The van der Waals surface area contributed by atoms with E-state index < -0.39 is 17.2 Å². The van der Waals surface area contributed by atoms with E-state index in [2.05, 4.69) is 6.58 Å². The number of allylic oxidation sites excluding steroid dienone is 4. The Morgan fingerprint density at radius 1 is 1.68 bits per heavy atom. The van der Waals surface area contributed by atoms with E-state index in [1.54, 1.807) is 25.2 Å². The van der Waals surface area contributed by atoms with Crippen LogP contribution in [0.2, 0.25) is 0 Å². The van der Waals surface area contributed by atoms with Gasteiger partial charge in [-0.25, -0.2) is 0 Å². The van der Waals surface area contributed by atoms with Crippen molar-refractivity contribution in [3.63, 3.8) is 0 Å². The van der Waals surface area contributed by atoms with Crippen LogP contribution < -0.4 is 0 Å². The van der Waals surface area contributed by atoms with E-state index in [1.807, 2.05) is 0 Å². The lowest BCUT2D eigenvalue weighted by atomic mass is 9.89. The van der Waals surface area contributed by atoms with Gasteiger partial charge in [0.2, 0.25) is 0 Å². The highest BCUT2D eigenvalue weighted by molar-refractivity contribution is 7.76. The van der Waals surface area contributed by atoms with Crippen LogP contribution in [-0.4, -0.2) is 30.7 Å². The van der Waals surface area contributed by atoms with Crippen LogP contribution in [0.25, 0.3) is 0 Å². The summed E-state index contributed by atoms with van der Waals surface area (Å²) in [5.74, 6) is -0.843. The molecule has 0 aliphatic carbocycles. The van der Waals surface area contributed by atoms with Gasteiger partial charge >= 0.3 is 5.97 Å². The Hall–Kier alpha value is -1.40. The van der Waals surface area contributed by atoms with Crippen molar-refractivity contribution in [1.29, 1.82) is 0 Å². The molecule has 5 nitrogen and oxygen atoms in total. The first-order valence-corrected chi connectivity index (χ1v) is 7.09. The van der Waals surface area contributed by atoms with Crippen molar-refractivity contribution in [1.82, 2.24) is 4.31 Å². The maximum Gasteiger partial charge on any atom is 0.303 e. The number of hydrogen-bond donors (Lipinski definition) is 1. The molecule has 0 aromatic rings. The minimum absolute atomic E-state index is 0.0175. The van der Waals surface area contributed by atoms with E-state index in [4.69, 9.17) is 5.11 Å². The van der Waals surface area contributed by atoms with Crippen molar-refractivity contribution in [2.75, 3.05) is 6.54 Å². The third-order valence-electron chi connectivity index (χ3n) is 3.07. The summed E-state index contributed by atoms with van der Waals surface area (Å²) in [6.07, 6.45) is 6.34. The molecule has 0 spiro atoms. The number of carboxylic acid groups (broad SMARTS) is 1. The van der Waals surface area contributed by atoms with Gasteiger partial charge in [-0.05, 0) is 31.3 Å². The minimum atomic E-state index is -2.35. The molecule has 1 N–H and O–H groups in total. The van der Waals surface area contributed by atoms with Gasteiger partial charge in [0.25, 0.3) is 0 Å². The van der Waals surface area contributed by atoms with Crippen LogP contribution in [0.1, 0.15) is 26.2 Å². The van der Waals surface area contributed by atoms with Gasteiger partial charge in [0.05, 0.1) is 0 Å². The molecule has 2 atom stereocenters. The Morgan fingerprint density at radius 3 is 2.84 bits per heavy atom. The van der Waals surface area contributed by atoms with Gasteiger partial charge in [-0.2, -0.15) is 0 Å². The Balaban J connectivity index is 2.92. The predicted octanol–water partition coefficient (Wildman–Crippen LogP) is 1.98. The quantitative estimate of drug-likeness (QED) is 0.783.